The summed E-state index contributed by atoms with van der Waals surface area (Å²) in [5.74, 6) is -0.226. The average molecular weight is 488 g/mol. The predicted molar refractivity (Wildman–Crippen MR) is 123 cm³/mol. The summed E-state index contributed by atoms with van der Waals surface area (Å²) < 4.78 is 6.53. The van der Waals surface area contributed by atoms with Crippen molar-refractivity contribution in [2.75, 3.05) is 29.9 Å². The molecule has 0 aromatic heterocycles. The van der Waals surface area contributed by atoms with E-state index >= 15 is 0 Å². The number of rotatable bonds is 8. The summed E-state index contributed by atoms with van der Waals surface area (Å²) in [5.41, 5.74) is 2.43. The maximum Gasteiger partial charge on any atom is 0.262 e. The number of hydrogen-bond acceptors (Lipinski definition) is 4. The van der Waals surface area contributed by atoms with Crippen LogP contribution < -0.4 is 20.3 Å². The van der Waals surface area contributed by atoms with Gasteiger partial charge in [-0.1, -0.05) is 22.9 Å². The maximum atomic E-state index is 12.3. The lowest BCUT2D eigenvalue weighted by Crippen LogP contribution is -2.33. The standard InChI is InChI=1S/C23H26BrN3O4/c1-3-10-25-23(30)16-12-22(29)27(13-16)18-5-7-19(8-6-18)31-14-21(28)26-17-4-9-20(24)15(2)11-17/h4-9,11,16H,3,10,12-14H2,1-2H3,(H,25,30)(H,26,28)/t16-/m0/s1. The molecular weight excluding hydrogens is 462 g/mol. The van der Waals surface area contributed by atoms with Crippen molar-refractivity contribution in [3.8, 4) is 5.75 Å². The van der Waals surface area contributed by atoms with E-state index in [2.05, 4.69) is 26.6 Å². The molecule has 7 nitrogen and oxygen atoms in total. The number of nitrogens with one attached hydrogen (secondary N) is 2. The van der Waals surface area contributed by atoms with Gasteiger partial charge in [0.1, 0.15) is 5.75 Å². The SMILES string of the molecule is CCCNC(=O)[C@H]1CC(=O)N(c2ccc(OCC(=O)Nc3ccc(Br)c(C)c3)cc2)C1. The lowest BCUT2D eigenvalue weighted by atomic mass is 10.1. The van der Waals surface area contributed by atoms with Gasteiger partial charge in [-0.2, -0.15) is 0 Å². The molecule has 1 saturated heterocycles. The van der Waals surface area contributed by atoms with E-state index in [9.17, 15) is 14.4 Å². The first-order valence-corrected chi connectivity index (χ1v) is 11.0. The van der Waals surface area contributed by atoms with Crippen molar-refractivity contribution >= 4 is 45.0 Å². The highest BCUT2D eigenvalue weighted by Gasteiger charge is 2.34. The van der Waals surface area contributed by atoms with E-state index in [-0.39, 0.29) is 36.7 Å². The molecule has 31 heavy (non-hydrogen) atoms. The number of ether oxygens (including phenoxy) is 1. The van der Waals surface area contributed by atoms with Crippen LogP contribution in [0, 0.1) is 12.8 Å². The minimum Gasteiger partial charge on any atom is -0.484 e. The van der Waals surface area contributed by atoms with Crippen molar-refractivity contribution in [1.82, 2.24) is 5.32 Å². The molecule has 3 rings (SSSR count). The van der Waals surface area contributed by atoms with Gasteiger partial charge in [-0.25, -0.2) is 0 Å². The van der Waals surface area contributed by atoms with Gasteiger partial charge in [0.05, 0.1) is 5.92 Å². The van der Waals surface area contributed by atoms with Crippen LogP contribution in [0.5, 0.6) is 5.75 Å². The van der Waals surface area contributed by atoms with E-state index in [1.54, 1.807) is 29.2 Å². The summed E-state index contributed by atoms with van der Waals surface area (Å²) in [6.45, 7) is 4.79. The fraction of sp³-hybridized carbons (Fsp3) is 0.348. The monoisotopic (exact) mass is 487 g/mol. The van der Waals surface area contributed by atoms with E-state index in [1.165, 1.54) is 0 Å². The molecular formula is C23H26BrN3O4. The van der Waals surface area contributed by atoms with Gasteiger partial charge in [-0.15, -0.1) is 0 Å². The van der Waals surface area contributed by atoms with Crippen LogP contribution in [-0.4, -0.2) is 37.4 Å². The van der Waals surface area contributed by atoms with Crippen LogP contribution in [0.2, 0.25) is 0 Å². The molecule has 1 heterocycles. The molecule has 0 saturated carbocycles. The summed E-state index contributed by atoms with van der Waals surface area (Å²) in [7, 11) is 0. The Labute approximate surface area is 190 Å². The Morgan fingerprint density at radius 1 is 1.19 bits per heavy atom. The third-order valence-corrected chi connectivity index (χ3v) is 5.89. The lowest BCUT2D eigenvalue weighted by Gasteiger charge is -2.17. The normalized spacial score (nSPS) is 15.6. The molecule has 2 aromatic rings. The summed E-state index contributed by atoms with van der Waals surface area (Å²) >= 11 is 3.43. The molecule has 0 bridgehead atoms. The fourth-order valence-electron chi connectivity index (χ4n) is 3.32. The fourth-order valence-corrected chi connectivity index (χ4v) is 3.56. The van der Waals surface area contributed by atoms with E-state index in [0.29, 0.717) is 30.2 Å². The van der Waals surface area contributed by atoms with Crippen molar-refractivity contribution < 1.29 is 19.1 Å². The second-order valence-corrected chi connectivity index (χ2v) is 8.35. The number of aryl methyl sites for hydroxylation is 1. The third kappa shape index (κ3) is 6.07. The van der Waals surface area contributed by atoms with Gasteiger partial charge >= 0.3 is 0 Å². The molecule has 1 atom stereocenters. The van der Waals surface area contributed by atoms with Crippen molar-refractivity contribution in [1.29, 1.82) is 0 Å². The number of benzene rings is 2. The zero-order chi connectivity index (χ0) is 22.4. The average Bonchev–Trinajstić information content (AvgIpc) is 3.15. The van der Waals surface area contributed by atoms with Crippen molar-refractivity contribution in [3.63, 3.8) is 0 Å². The Kier molecular flexibility index (Phi) is 7.68. The first-order chi connectivity index (χ1) is 14.9. The van der Waals surface area contributed by atoms with Crippen molar-refractivity contribution in [3.05, 3.63) is 52.5 Å². The Hall–Kier alpha value is -2.87. The number of halogens is 1. The molecule has 1 fully saturated rings. The summed E-state index contributed by atoms with van der Waals surface area (Å²) in [5, 5.41) is 5.64. The topological polar surface area (TPSA) is 87.7 Å². The molecule has 164 valence electrons. The molecule has 0 aliphatic carbocycles. The molecule has 0 radical (unpaired) electrons. The van der Waals surface area contributed by atoms with Crippen molar-refractivity contribution in [2.45, 2.75) is 26.7 Å². The van der Waals surface area contributed by atoms with Crippen LogP contribution in [0.15, 0.2) is 46.9 Å². The van der Waals surface area contributed by atoms with Gasteiger partial charge < -0.3 is 20.3 Å². The molecule has 8 heteroatoms. The van der Waals surface area contributed by atoms with E-state index < -0.39 is 0 Å². The Morgan fingerprint density at radius 3 is 2.61 bits per heavy atom. The van der Waals surface area contributed by atoms with Crippen LogP contribution in [0.3, 0.4) is 0 Å². The summed E-state index contributed by atoms with van der Waals surface area (Å²) in [4.78, 5) is 38.2. The van der Waals surface area contributed by atoms with Crippen LogP contribution in [0.1, 0.15) is 25.3 Å². The Balaban J connectivity index is 1.52. The number of carbonyl (C=O) groups excluding carboxylic acids is 3. The van der Waals surface area contributed by atoms with Gasteiger partial charge in [0.15, 0.2) is 6.61 Å². The second kappa shape index (κ2) is 10.4. The molecule has 3 amide bonds. The molecule has 1 aliphatic heterocycles. The van der Waals surface area contributed by atoms with E-state index in [4.69, 9.17) is 4.74 Å². The van der Waals surface area contributed by atoms with Gasteiger partial charge in [-0.05, 0) is 61.4 Å². The highest BCUT2D eigenvalue weighted by atomic mass is 79.9. The van der Waals surface area contributed by atoms with Crippen LogP contribution >= 0.6 is 15.9 Å². The minimum atomic E-state index is -0.332. The zero-order valence-electron chi connectivity index (χ0n) is 17.6. The molecule has 0 spiro atoms. The summed E-state index contributed by atoms with van der Waals surface area (Å²) in [6, 6.07) is 12.5. The number of anilines is 2. The van der Waals surface area contributed by atoms with Gasteiger partial charge in [-0.3, -0.25) is 14.4 Å². The minimum absolute atomic E-state index is 0.0746. The highest BCUT2D eigenvalue weighted by Crippen LogP contribution is 2.27. The highest BCUT2D eigenvalue weighted by molar-refractivity contribution is 9.10. The molecule has 1 aliphatic rings. The largest absolute Gasteiger partial charge is 0.484 e. The van der Waals surface area contributed by atoms with Gasteiger partial charge in [0.25, 0.3) is 5.91 Å². The van der Waals surface area contributed by atoms with Crippen LogP contribution in [0.4, 0.5) is 11.4 Å². The smallest absolute Gasteiger partial charge is 0.262 e. The van der Waals surface area contributed by atoms with Gasteiger partial charge in [0.2, 0.25) is 11.8 Å². The number of carbonyl (C=O) groups is 3. The third-order valence-electron chi connectivity index (χ3n) is 5.01. The lowest BCUT2D eigenvalue weighted by molar-refractivity contribution is -0.126. The van der Waals surface area contributed by atoms with E-state index in [0.717, 1.165) is 16.5 Å². The first kappa shape index (κ1) is 22.8. The molecule has 2 aromatic carbocycles. The van der Waals surface area contributed by atoms with Crippen LogP contribution in [0.25, 0.3) is 0 Å². The molecule has 0 unspecified atom stereocenters. The van der Waals surface area contributed by atoms with Gasteiger partial charge in [0, 0.05) is 35.4 Å². The Morgan fingerprint density at radius 2 is 1.94 bits per heavy atom. The predicted octanol–water partition coefficient (Wildman–Crippen LogP) is 3.65. The Bertz CT molecular complexity index is 962. The molecule has 2 N–H and O–H groups in total. The number of nitrogens with zero attached hydrogens (tertiary/aromatic N) is 1. The number of hydrogen-bond donors (Lipinski definition) is 2. The first-order valence-electron chi connectivity index (χ1n) is 10.2. The quantitative estimate of drug-likeness (QED) is 0.594. The van der Waals surface area contributed by atoms with Crippen LogP contribution in [-0.2, 0) is 14.4 Å². The zero-order valence-corrected chi connectivity index (χ0v) is 19.2. The number of amides is 3. The maximum absolute atomic E-state index is 12.3. The summed E-state index contributed by atoms with van der Waals surface area (Å²) in [6.07, 6.45) is 1.07. The van der Waals surface area contributed by atoms with E-state index in [1.807, 2.05) is 32.0 Å². The second-order valence-electron chi connectivity index (χ2n) is 7.49. The van der Waals surface area contributed by atoms with Crippen molar-refractivity contribution in [2.24, 2.45) is 5.92 Å².